The van der Waals surface area contributed by atoms with E-state index in [9.17, 15) is 9.90 Å². The number of rotatable bonds is 9. The Bertz CT molecular complexity index is 1430. The molecule has 1 saturated heterocycles. The van der Waals surface area contributed by atoms with Gasteiger partial charge < -0.3 is 14.6 Å². The monoisotopic (exact) mass is 554 g/mol. The number of benzene rings is 2. The molecule has 1 N–H and O–H groups in total. The van der Waals surface area contributed by atoms with E-state index < -0.39 is 11.9 Å². The fourth-order valence-electron chi connectivity index (χ4n) is 6.99. The second-order valence-corrected chi connectivity index (χ2v) is 12.8. The second kappa shape index (κ2) is 11.1. The van der Waals surface area contributed by atoms with Crippen molar-refractivity contribution in [1.82, 2.24) is 9.88 Å². The molecule has 216 valence electrons. The van der Waals surface area contributed by atoms with Gasteiger partial charge in [-0.15, -0.1) is 0 Å². The van der Waals surface area contributed by atoms with Crippen molar-refractivity contribution in [2.75, 3.05) is 13.7 Å². The minimum atomic E-state index is -0.722. The van der Waals surface area contributed by atoms with Crippen LogP contribution in [0.15, 0.2) is 54.7 Å². The SMILES string of the molecule is COc1cc(-c2ccc(C3CCc4ccc(C(C5CC5)[C@H](C)C(=O)O)cc4O3)c(CN3CCCC3(C)C)c2)ccn1. The number of methoxy groups -OCH3 is 1. The van der Waals surface area contributed by atoms with Crippen LogP contribution in [0.25, 0.3) is 11.1 Å². The van der Waals surface area contributed by atoms with Crippen molar-refractivity contribution in [3.05, 3.63) is 77.0 Å². The highest BCUT2D eigenvalue weighted by atomic mass is 16.5. The lowest BCUT2D eigenvalue weighted by atomic mass is 9.82. The van der Waals surface area contributed by atoms with E-state index in [0.29, 0.717) is 11.8 Å². The molecule has 3 atom stereocenters. The van der Waals surface area contributed by atoms with Gasteiger partial charge in [-0.25, -0.2) is 4.98 Å². The summed E-state index contributed by atoms with van der Waals surface area (Å²) >= 11 is 0. The third-order valence-electron chi connectivity index (χ3n) is 9.68. The van der Waals surface area contributed by atoms with Crippen LogP contribution in [0.4, 0.5) is 0 Å². The predicted octanol–water partition coefficient (Wildman–Crippen LogP) is 7.41. The summed E-state index contributed by atoms with van der Waals surface area (Å²) in [6, 6.07) is 17.2. The number of pyridine rings is 1. The molecule has 2 aromatic carbocycles. The summed E-state index contributed by atoms with van der Waals surface area (Å²) < 4.78 is 12.2. The number of likely N-dealkylation sites (tertiary alicyclic amines) is 1. The molecule has 0 amide bonds. The Balaban J connectivity index is 1.33. The molecule has 2 unspecified atom stereocenters. The van der Waals surface area contributed by atoms with Crippen molar-refractivity contribution in [2.24, 2.45) is 11.8 Å². The standard InChI is InChI=1S/C35H42N2O4/c1-22(34(38)39)33(24-7-8-24)27-9-6-23-11-13-30(41-31(23)19-27)29-12-10-25(26-14-16-36-32(20-26)40-4)18-28(29)21-37-17-5-15-35(37,2)3/h6,9-10,12,14,16,18-20,22,24,30,33H,5,7-8,11,13,15,17,21H2,1-4H3,(H,38,39)/t22-,30?,33?/m0/s1. The number of carbonyl (C=O) groups is 1. The first-order valence-electron chi connectivity index (χ1n) is 15.1. The number of aliphatic carboxylic acids is 1. The zero-order valence-electron chi connectivity index (χ0n) is 24.7. The number of fused-ring (bicyclic) bond motifs is 1. The van der Waals surface area contributed by atoms with Crippen molar-refractivity contribution >= 4 is 5.97 Å². The van der Waals surface area contributed by atoms with Crippen molar-refractivity contribution < 1.29 is 19.4 Å². The van der Waals surface area contributed by atoms with Crippen molar-refractivity contribution in [3.63, 3.8) is 0 Å². The highest BCUT2D eigenvalue weighted by molar-refractivity contribution is 5.71. The van der Waals surface area contributed by atoms with Crippen LogP contribution in [0.5, 0.6) is 11.6 Å². The van der Waals surface area contributed by atoms with E-state index >= 15 is 0 Å². The molecule has 0 spiro atoms. The van der Waals surface area contributed by atoms with Crippen LogP contribution in [-0.4, -0.2) is 40.2 Å². The minimum Gasteiger partial charge on any atom is -0.485 e. The molecule has 6 heteroatoms. The van der Waals surface area contributed by atoms with Gasteiger partial charge in [0, 0.05) is 24.3 Å². The van der Waals surface area contributed by atoms with E-state index in [1.54, 1.807) is 13.3 Å². The van der Waals surface area contributed by atoms with Crippen LogP contribution in [0, 0.1) is 11.8 Å². The highest BCUT2D eigenvalue weighted by Crippen LogP contribution is 2.48. The molecular formula is C35H42N2O4. The lowest BCUT2D eigenvalue weighted by molar-refractivity contribution is -0.142. The number of aryl methyl sites for hydroxylation is 1. The molecule has 6 rings (SSSR count). The Morgan fingerprint density at radius 1 is 1.12 bits per heavy atom. The Hall–Kier alpha value is -3.38. The molecule has 3 heterocycles. The molecule has 2 fully saturated rings. The van der Waals surface area contributed by atoms with Gasteiger partial charge >= 0.3 is 5.97 Å². The van der Waals surface area contributed by atoms with Gasteiger partial charge in [0.15, 0.2) is 0 Å². The Morgan fingerprint density at radius 3 is 2.63 bits per heavy atom. The quantitative estimate of drug-likeness (QED) is 0.297. The number of carboxylic acids is 1. The first kappa shape index (κ1) is 27.8. The van der Waals surface area contributed by atoms with Crippen molar-refractivity contribution in [3.8, 4) is 22.8 Å². The second-order valence-electron chi connectivity index (χ2n) is 12.8. The van der Waals surface area contributed by atoms with Crippen LogP contribution in [0.1, 0.15) is 87.2 Å². The summed E-state index contributed by atoms with van der Waals surface area (Å²) in [6.07, 6.45) is 8.25. The first-order valence-corrected chi connectivity index (χ1v) is 15.1. The summed E-state index contributed by atoms with van der Waals surface area (Å²) in [5.41, 5.74) is 7.26. The number of nitrogens with zero attached hydrogens (tertiary/aromatic N) is 2. The molecule has 3 aliphatic rings. The Labute approximate surface area is 243 Å². The number of aromatic nitrogens is 1. The lowest BCUT2D eigenvalue weighted by Crippen LogP contribution is -2.37. The van der Waals surface area contributed by atoms with Crippen LogP contribution in [0.2, 0.25) is 0 Å². The van der Waals surface area contributed by atoms with Gasteiger partial charge in [-0.3, -0.25) is 9.69 Å². The molecule has 1 saturated carbocycles. The summed E-state index contributed by atoms with van der Waals surface area (Å²) in [5, 5.41) is 9.79. The zero-order chi connectivity index (χ0) is 28.7. The zero-order valence-corrected chi connectivity index (χ0v) is 24.7. The molecule has 0 bridgehead atoms. The van der Waals surface area contributed by atoms with E-state index in [2.05, 4.69) is 60.1 Å². The predicted molar refractivity (Wildman–Crippen MR) is 160 cm³/mol. The van der Waals surface area contributed by atoms with Gasteiger partial charge in [0.25, 0.3) is 0 Å². The van der Waals surface area contributed by atoms with E-state index in [-0.39, 0.29) is 17.6 Å². The molecule has 0 radical (unpaired) electrons. The first-order chi connectivity index (χ1) is 19.7. The van der Waals surface area contributed by atoms with Crippen LogP contribution < -0.4 is 9.47 Å². The summed E-state index contributed by atoms with van der Waals surface area (Å²) in [4.78, 5) is 18.8. The van der Waals surface area contributed by atoms with Gasteiger partial charge in [-0.05, 0) is 122 Å². The molecule has 1 aromatic heterocycles. The van der Waals surface area contributed by atoms with Gasteiger partial charge in [0.1, 0.15) is 11.9 Å². The van der Waals surface area contributed by atoms with Gasteiger partial charge in [0.2, 0.25) is 5.88 Å². The molecular weight excluding hydrogens is 512 g/mol. The lowest BCUT2D eigenvalue weighted by Gasteiger charge is -2.34. The van der Waals surface area contributed by atoms with Crippen molar-refractivity contribution in [1.29, 1.82) is 0 Å². The summed E-state index contributed by atoms with van der Waals surface area (Å²) in [6.45, 7) is 8.52. The minimum absolute atomic E-state index is 0.0337. The maximum absolute atomic E-state index is 11.9. The van der Waals surface area contributed by atoms with E-state index in [4.69, 9.17) is 9.47 Å². The number of ether oxygens (including phenoxy) is 2. The van der Waals surface area contributed by atoms with Crippen LogP contribution >= 0.6 is 0 Å². The van der Waals surface area contributed by atoms with E-state index in [0.717, 1.165) is 61.2 Å². The highest BCUT2D eigenvalue weighted by Gasteiger charge is 2.39. The van der Waals surface area contributed by atoms with E-state index in [1.807, 2.05) is 19.1 Å². The number of carboxylic acid groups (broad SMARTS) is 1. The molecule has 3 aromatic rings. The Kier molecular flexibility index (Phi) is 7.54. The fraction of sp³-hybridized carbons (Fsp3) is 0.486. The van der Waals surface area contributed by atoms with E-state index in [1.165, 1.54) is 29.5 Å². The molecule has 1 aliphatic carbocycles. The molecule has 2 aliphatic heterocycles. The van der Waals surface area contributed by atoms with Gasteiger partial charge in [-0.1, -0.05) is 31.2 Å². The molecule has 41 heavy (non-hydrogen) atoms. The maximum atomic E-state index is 11.9. The number of hydrogen-bond donors (Lipinski definition) is 1. The van der Waals surface area contributed by atoms with Gasteiger partial charge in [-0.2, -0.15) is 0 Å². The molecule has 6 nitrogen and oxygen atoms in total. The maximum Gasteiger partial charge on any atom is 0.306 e. The van der Waals surface area contributed by atoms with Gasteiger partial charge in [0.05, 0.1) is 13.0 Å². The fourth-order valence-corrected chi connectivity index (χ4v) is 6.99. The average Bonchev–Trinajstić information content (AvgIpc) is 3.75. The smallest absolute Gasteiger partial charge is 0.306 e. The average molecular weight is 555 g/mol. The van der Waals surface area contributed by atoms with Crippen molar-refractivity contribution in [2.45, 2.75) is 83.4 Å². The third-order valence-corrected chi connectivity index (χ3v) is 9.68. The Morgan fingerprint density at radius 2 is 1.93 bits per heavy atom. The third kappa shape index (κ3) is 5.72. The number of hydrogen-bond acceptors (Lipinski definition) is 5. The normalized spacial score (nSPS) is 21.5. The summed E-state index contributed by atoms with van der Waals surface area (Å²) in [5.74, 6) is 0.880. The largest absolute Gasteiger partial charge is 0.485 e. The topological polar surface area (TPSA) is 71.9 Å². The van der Waals surface area contributed by atoms with Crippen LogP contribution in [-0.2, 0) is 17.8 Å². The van der Waals surface area contributed by atoms with Crippen LogP contribution in [0.3, 0.4) is 0 Å². The summed E-state index contributed by atoms with van der Waals surface area (Å²) in [7, 11) is 1.65.